The minimum Gasteiger partial charge on any atom is -0.395 e. The average molecular weight is 239 g/mol. The van der Waals surface area contributed by atoms with Crippen LogP contribution in [0.15, 0.2) is 6.07 Å². The van der Waals surface area contributed by atoms with Crippen LogP contribution in [0.25, 0.3) is 0 Å². The maximum Gasteiger partial charge on any atom is 0.223 e. The first-order chi connectivity index (χ1) is 8.29. The van der Waals surface area contributed by atoms with Crippen molar-refractivity contribution in [2.24, 2.45) is 0 Å². The molecule has 1 aromatic rings. The standard InChI is InChI=1S/C10H17N5O2/c11-10-13-8(12-1-4-16)7-9(14-10)15-2-5-17-6-3-15/h7,16H,1-6H2,(H3,11,12,13,14). The predicted molar refractivity (Wildman–Crippen MR) is 65.1 cm³/mol. The summed E-state index contributed by atoms with van der Waals surface area (Å²) < 4.78 is 5.28. The molecule has 0 spiro atoms. The zero-order valence-corrected chi connectivity index (χ0v) is 9.59. The van der Waals surface area contributed by atoms with Gasteiger partial charge in [-0.05, 0) is 0 Å². The van der Waals surface area contributed by atoms with E-state index in [0.717, 1.165) is 18.9 Å². The van der Waals surface area contributed by atoms with Gasteiger partial charge in [-0.3, -0.25) is 0 Å². The van der Waals surface area contributed by atoms with Gasteiger partial charge in [0.2, 0.25) is 5.95 Å². The number of aliphatic hydroxyl groups excluding tert-OH is 1. The molecule has 2 heterocycles. The molecule has 1 aliphatic rings. The third-order valence-corrected chi connectivity index (χ3v) is 2.48. The number of hydrogen-bond acceptors (Lipinski definition) is 7. The highest BCUT2D eigenvalue weighted by Crippen LogP contribution is 2.17. The molecule has 4 N–H and O–H groups in total. The summed E-state index contributed by atoms with van der Waals surface area (Å²) in [5, 5.41) is 11.7. The topological polar surface area (TPSA) is 96.5 Å². The largest absolute Gasteiger partial charge is 0.395 e. The summed E-state index contributed by atoms with van der Waals surface area (Å²) in [5.74, 6) is 1.66. The molecule has 0 bridgehead atoms. The maximum absolute atomic E-state index is 8.75. The Morgan fingerprint density at radius 1 is 1.41 bits per heavy atom. The Balaban J connectivity index is 2.12. The lowest BCUT2D eigenvalue weighted by Gasteiger charge is -2.28. The molecule has 0 radical (unpaired) electrons. The van der Waals surface area contributed by atoms with Crippen molar-refractivity contribution in [3.63, 3.8) is 0 Å². The SMILES string of the molecule is Nc1nc(NCCO)cc(N2CCOCC2)n1. The molecule has 1 fully saturated rings. The highest BCUT2D eigenvalue weighted by Gasteiger charge is 2.14. The lowest BCUT2D eigenvalue weighted by Crippen LogP contribution is -2.37. The van der Waals surface area contributed by atoms with Crippen LogP contribution in [0.2, 0.25) is 0 Å². The molecule has 7 heteroatoms. The molecule has 94 valence electrons. The van der Waals surface area contributed by atoms with Gasteiger partial charge >= 0.3 is 0 Å². The zero-order valence-electron chi connectivity index (χ0n) is 9.59. The van der Waals surface area contributed by atoms with Gasteiger partial charge < -0.3 is 25.8 Å². The van der Waals surface area contributed by atoms with Gasteiger partial charge in [-0.1, -0.05) is 0 Å². The van der Waals surface area contributed by atoms with Crippen molar-refractivity contribution < 1.29 is 9.84 Å². The van der Waals surface area contributed by atoms with Gasteiger partial charge in [0.05, 0.1) is 19.8 Å². The van der Waals surface area contributed by atoms with E-state index < -0.39 is 0 Å². The van der Waals surface area contributed by atoms with Gasteiger partial charge in [0.15, 0.2) is 0 Å². The first-order valence-corrected chi connectivity index (χ1v) is 5.61. The Bertz CT molecular complexity index is 368. The number of hydrogen-bond donors (Lipinski definition) is 3. The molecule has 0 amide bonds. The molecule has 7 nitrogen and oxygen atoms in total. The van der Waals surface area contributed by atoms with E-state index in [1.54, 1.807) is 0 Å². The molecule has 1 aromatic heterocycles. The Labute approximate surface area is 99.6 Å². The van der Waals surface area contributed by atoms with Crippen LogP contribution in [0.4, 0.5) is 17.6 Å². The van der Waals surface area contributed by atoms with Crippen molar-refractivity contribution in [1.82, 2.24) is 9.97 Å². The van der Waals surface area contributed by atoms with E-state index in [0.29, 0.717) is 25.6 Å². The third kappa shape index (κ3) is 3.18. The molecular weight excluding hydrogens is 222 g/mol. The number of ether oxygens (including phenoxy) is 1. The Hall–Kier alpha value is -1.60. The summed E-state index contributed by atoms with van der Waals surface area (Å²) >= 11 is 0. The van der Waals surface area contributed by atoms with E-state index in [4.69, 9.17) is 15.6 Å². The van der Waals surface area contributed by atoms with Gasteiger partial charge in [-0.25, -0.2) is 0 Å². The van der Waals surface area contributed by atoms with Crippen LogP contribution in [-0.4, -0.2) is 54.5 Å². The molecule has 1 aliphatic heterocycles. The lowest BCUT2D eigenvalue weighted by atomic mass is 10.4. The molecule has 0 unspecified atom stereocenters. The molecule has 0 aromatic carbocycles. The Kier molecular flexibility index (Phi) is 3.94. The summed E-state index contributed by atoms with van der Waals surface area (Å²) in [5.41, 5.74) is 5.66. The van der Waals surface area contributed by atoms with Gasteiger partial charge in [-0.15, -0.1) is 0 Å². The van der Waals surface area contributed by atoms with E-state index in [9.17, 15) is 0 Å². The highest BCUT2D eigenvalue weighted by atomic mass is 16.5. The fourth-order valence-electron chi connectivity index (χ4n) is 1.68. The summed E-state index contributed by atoms with van der Waals surface area (Å²) in [6.07, 6.45) is 0. The molecule has 17 heavy (non-hydrogen) atoms. The first-order valence-electron chi connectivity index (χ1n) is 5.61. The Morgan fingerprint density at radius 3 is 2.88 bits per heavy atom. The Morgan fingerprint density at radius 2 is 2.18 bits per heavy atom. The van der Waals surface area contributed by atoms with Crippen LogP contribution in [-0.2, 0) is 4.74 Å². The van der Waals surface area contributed by atoms with E-state index in [2.05, 4.69) is 20.2 Å². The van der Waals surface area contributed by atoms with Crippen LogP contribution >= 0.6 is 0 Å². The zero-order chi connectivity index (χ0) is 12.1. The number of nitrogens with one attached hydrogen (secondary N) is 1. The summed E-state index contributed by atoms with van der Waals surface area (Å²) in [6.45, 7) is 3.49. The number of nitrogens with two attached hydrogens (primary N) is 1. The lowest BCUT2D eigenvalue weighted by molar-refractivity contribution is 0.122. The quantitative estimate of drug-likeness (QED) is 0.639. The van der Waals surface area contributed by atoms with E-state index >= 15 is 0 Å². The van der Waals surface area contributed by atoms with Crippen LogP contribution in [0.5, 0.6) is 0 Å². The van der Waals surface area contributed by atoms with Gasteiger partial charge in [0.25, 0.3) is 0 Å². The van der Waals surface area contributed by atoms with Crippen LogP contribution < -0.4 is 16.0 Å². The van der Waals surface area contributed by atoms with Crippen molar-refractivity contribution in [2.75, 3.05) is 55.4 Å². The highest BCUT2D eigenvalue weighted by molar-refractivity contribution is 5.52. The predicted octanol–water partition coefficient (Wildman–Crippen LogP) is -0.700. The van der Waals surface area contributed by atoms with Gasteiger partial charge in [-0.2, -0.15) is 9.97 Å². The average Bonchev–Trinajstić information content (AvgIpc) is 2.37. The molecule has 0 saturated carbocycles. The second-order valence-corrected chi connectivity index (χ2v) is 3.72. The third-order valence-electron chi connectivity index (χ3n) is 2.48. The van der Waals surface area contributed by atoms with Crippen molar-refractivity contribution >= 4 is 17.6 Å². The second kappa shape index (κ2) is 5.65. The molecule has 1 saturated heterocycles. The minimum absolute atomic E-state index is 0.0524. The van der Waals surface area contributed by atoms with E-state index in [-0.39, 0.29) is 12.6 Å². The number of morpholine rings is 1. The molecule has 2 rings (SSSR count). The number of nitrogen functional groups attached to an aromatic ring is 1. The number of anilines is 3. The number of aliphatic hydroxyl groups is 1. The van der Waals surface area contributed by atoms with Crippen molar-refractivity contribution in [3.05, 3.63) is 6.07 Å². The fourth-order valence-corrected chi connectivity index (χ4v) is 1.68. The number of aromatic nitrogens is 2. The van der Waals surface area contributed by atoms with Crippen molar-refractivity contribution in [3.8, 4) is 0 Å². The van der Waals surface area contributed by atoms with Crippen LogP contribution in [0.3, 0.4) is 0 Å². The first kappa shape index (κ1) is 11.9. The second-order valence-electron chi connectivity index (χ2n) is 3.72. The summed E-state index contributed by atoms with van der Waals surface area (Å²) in [7, 11) is 0. The van der Waals surface area contributed by atoms with E-state index in [1.165, 1.54) is 0 Å². The normalized spacial score (nSPS) is 15.9. The van der Waals surface area contributed by atoms with Crippen molar-refractivity contribution in [2.45, 2.75) is 0 Å². The number of nitrogens with zero attached hydrogens (tertiary/aromatic N) is 3. The number of rotatable bonds is 4. The molecular formula is C10H17N5O2. The van der Waals surface area contributed by atoms with E-state index in [1.807, 2.05) is 6.07 Å². The van der Waals surface area contributed by atoms with Crippen LogP contribution in [0, 0.1) is 0 Å². The minimum atomic E-state index is 0.0524. The van der Waals surface area contributed by atoms with Crippen molar-refractivity contribution in [1.29, 1.82) is 0 Å². The summed E-state index contributed by atoms with van der Waals surface area (Å²) in [6, 6.07) is 1.83. The fraction of sp³-hybridized carbons (Fsp3) is 0.600. The molecule has 0 atom stereocenters. The summed E-state index contributed by atoms with van der Waals surface area (Å²) in [4.78, 5) is 10.4. The van der Waals surface area contributed by atoms with Gasteiger partial charge in [0.1, 0.15) is 11.6 Å². The monoisotopic (exact) mass is 239 g/mol. The smallest absolute Gasteiger partial charge is 0.223 e. The van der Waals surface area contributed by atoms with Crippen LogP contribution in [0.1, 0.15) is 0 Å². The molecule has 0 aliphatic carbocycles. The maximum atomic E-state index is 8.75. The van der Waals surface area contributed by atoms with Gasteiger partial charge in [0, 0.05) is 25.7 Å².